The summed E-state index contributed by atoms with van der Waals surface area (Å²) in [5, 5.41) is 13.4. The van der Waals surface area contributed by atoms with E-state index in [0.717, 1.165) is 22.5 Å². The average Bonchev–Trinajstić information content (AvgIpc) is 3.38. The van der Waals surface area contributed by atoms with Gasteiger partial charge in [0.2, 0.25) is 0 Å². The van der Waals surface area contributed by atoms with E-state index in [1.165, 1.54) is 11.5 Å². The lowest BCUT2D eigenvalue weighted by Crippen LogP contribution is -2.14. The van der Waals surface area contributed by atoms with E-state index >= 15 is 0 Å². The van der Waals surface area contributed by atoms with Crippen molar-refractivity contribution >= 4 is 34.7 Å². The fourth-order valence-corrected chi connectivity index (χ4v) is 3.32. The van der Waals surface area contributed by atoms with Crippen molar-refractivity contribution in [1.29, 1.82) is 0 Å². The number of rotatable bonds is 4. The number of nitrogens with zero attached hydrogens (tertiary/aromatic N) is 4. The third-order valence-electron chi connectivity index (χ3n) is 4.11. The normalized spacial score (nSPS) is 10.7. The van der Waals surface area contributed by atoms with Gasteiger partial charge in [-0.1, -0.05) is 28.2 Å². The number of hydrogen-bond donors (Lipinski definition) is 1. The number of aromatic nitrogens is 4. The van der Waals surface area contributed by atoms with Crippen LogP contribution in [0.25, 0.3) is 16.9 Å². The van der Waals surface area contributed by atoms with E-state index < -0.39 is 0 Å². The lowest BCUT2D eigenvalue weighted by atomic mass is 10.1. The van der Waals surface area contributed by atoms with Gasteiger partial charge in [-0.15, -0.1) is 5.10 Å². The van der Waals surface area contributed by atoms with E-state index in [0.29, 0.717) is 16.3 Å². The third kappa shape index (κ3) is 3.60. The predicted octanol–water partition coefficient (Wildman–Crippen LogP) is 4.60. The van der Waals surface area contributed by atoms with Crippen LogP contribution in [0.15, 0.2) is 60.2 Å². The number of aryl methyl sites for hydroxylation is 1. The first-order valence-corrected chi connectivity index (χ1v) is 9.32. The molecule has 0 unspecified atom stereocenters. The second-order valence-electron chi connectivity index (χ2n) is 5.89. The van der Waals surface area contributed by atoms with Crippen LogP contribution in [0.3, 0.4) is 0 Å². The molecule has 2 aromatic carbocycles. The number of nitrogens with one attached hydrogen (secondary N) is 1. The molecule has 6 nitrogen and oxygen atoms in total. The lowest BCUT2D eigenvalue weighted by molar-refractivity contribution is 0.102. The summed E-state index contributed by atoms with van der Waals surface area (Å²) >= 11 is 7.55. The maximum absolute atomic E-state index is 12.9. The molecule has 0 atom stereocenters. The molecule has 134 valence electrons. The Morgan fingerprint density at radius 3 is 2.85 bits per heavy atom. The van der Waals surface area contributed by atoms with Crippen LogP contribution in [-0.4, -0.2) is 25.3 Å². The Labute approximate surface area is 164 Å². The topological polar surface area (TPSA) is 72.7 Å². The number of benzene rings is 2. The van der Waals surface area contributed by atoms with Crippen molar-refractivity contribution in [3.63, 3.8) is 0 Å². The number of carbonyl (C=O) groups excluding carboxylic acids is 1. The minimum Gasteiger partial charge on any atom is -0.322 e. The molecule has 2 aromatic heterocycles. The second-order valence-corrected chi connectivity index (χ2v) is 6.91. The molecule has 8 heteroatoms. The highest BCUT2D eigenvalue weighted by Gasteiger charge is 2.14. The van der Waals surface area contributed by atoms with Crippen LogP contribution in [-0.2, 0) is 0 Å². The standard InChI is InChI=1S/C19H14ClN5OS/c1-12-3-4-13(18-11-27-24-23-18)9-17(12)22-19(26)15-10-14(5-6-16(15)20)25-8-2-7-21-25/h2-11H,1H3,(H,22,26). The molecule has 4 aromatic rings. The van der Waals surface area contributed by atoms with Crippen LogP contribution in [0.2, 0.25) is 5.02 Å². The van der Waals surface area contributed by atoms with Gasteiger partial charge >= 0.3 is 0 Å². The Balaban J connectivity index is 1.65. The van der Waals surface area contributed by atoms with Crippen molar-refractivity contribution in [2.24, 2.45) is 0 Å². The highest BCUT2D eigenvalue weighted by molar-refractivity contribution is 7.03. The molecule has 0 aliphatic carbocycles. The van der Waals surface area contributed by atoms with E-state index in [-0.39, 0.29) is 5.91 Å². The number of amides is 1. The van der Waals surface area contributed by atoms with Crippen molar-refractivity contribution in [3.8, 4) is 16.9 Å². The number of anilines is 1. The van der Waals surface area contributed by atoms with Crippen LogP contribution < -0.4 is 5.32 Å². The summed E-state index contributed by atoms with van der Waals surface area (Å²) in [6.45, 7) is 1.93. The van der Waals surface area contributed by atoms with Crippen LogP contribution in [0.5, 0.6) is 0 Å². The van der Waals surface area contributed by atoms with Crippen LogP contribution in [0, 0.1) is 6.92 Å². The largest absolute Gasteiger partial charge is 0.322 e. The molecule has 0 saturated carbocycles. The van der Waals surface area contributed by atoms with Crippen LogP contribution in [0.1, 0.15) is 15.9 Å². The maximum atomic E-state index is 12.9. The van der Waals surface area contributed by atoms with E-state index in [2.05, 4.69) is 20.0 Å². The van der Waals surface area contributed by atoms with Gasteiger partial charge in [-0.2, -0.15) is 5.10 Å². The van der Waals surface area contributed by atoms with Crippen molar-refractivity contribution in [2.75, 3.05) is 5.32 Å². The van der Waals surface area contributed by atoms with Gasteiger partial charge in [-0.3, -0.25) is 4.79 Å². The van der Waals surface area contributed by atoms with Crippen LogP contribution >= 0.6 is 23.1 Å². The van der Waals surface area contributed by atoms with Crippen molar-refractivity contribution in [2.45, 2.75) is 6.92 Å². The molecule has 0 aliphatic heterocycles. The average molecular weight is 396 g/mol. The highest BCUT2D eigenvalue weighted by atomic mass is 35.5. The van der Waals surface area contributed by atoms with E-state index in [1.807, 2.05) is 42.6 Å². The molecule has 0 fully saturated rings. The lowest BCUT2D eigenvalue weighted by Gasteiger charge is -2.12. The van der Waals surface area contributed by atoms with E-state index in [1.54, 1.807) is 29.2 Å². The van der Waals surface area contributed by atoms with Gasteiger partial charge < -0.3 is 5.32 Å². The number of carbonyl (C=O) groups is 1. The summed E-state index contributed by atoms with van der Waals surface area (Å²) in [5.41, 5.74) is 4.44. The fourth-order valence-electron chi connectivity index (χ4n) is 2.65. The zero-order valence-corrected chi connectivity index (χ0v) is 15.8. The Morgan fingerprint density at radius 2 is 2.11 bits per heavy atom. The first-order chi connectivity index (χ1) is 13.1. The molecule has 4 rings (SSSR count). The molecule has 0 bridgehead atoms. The Hall–Kier alpha value is -3.03. The van der Waals surface area contributed by atoms with Crippen LogP contribution in [0.4, 0.5) is 5.69 Å². The quantitative estimate of drug-likeness (QED) is 0.547. The van der Waals surface area contributed by atoms with Gasteiger partial charge in [-0.25, -0.2) is 4.68 Å². The monoisotopic (exact) mass is 395 g/mol. The van der Waals surface area contributed by atoms with Gasteiger partial charge in [-0.05, 0) is 54.4 Å². The van der Waals surface area contributed by atoms with Gasteiger partial charge in [0.1, 0.15) is 5.69 Å². The molecule has 1 amide bonds. The molecular weight excluding hydrogens is 382 g/mol. The summed E-state index contributed by atoms with van der Waals surface area (Å²) < 4.78 is 5.56. The summed E-state index contributed by atoms with van der Waals surface area (Å²) in [6.07, 6.45) is 3.48. The number of halogens is 1. The summed E-state index contributed by atoms with van der Waals surface area (Å²) in [4.78, 5) is 12.9. The van der Waals surface area contributed by atoms with Gasteiger partial charge in [0.25, 0.3) is 5.91 Å². The smallest absolute Gasteiger partial charge is 0.257 e. The van der Waals surface area contributed by atoms with Gasteiger partial charge in [0.05, 0.1) is 16.3 Å². The zero-order chi connectivity index (χ0) is 18.8. The molecule has 0 spiro atoms. The molecule has 0 radical (unpaired) electrons. The van der Waals surface area contributed by atoms with Gasteiger partial charge in [0.15, 0.2) is 0 Å². The third-order valence-corrected chi connectivity index (χ3v) is 4.94. The zero-order valence-electron chi connectivity index (χ0n) is 14.3. The maximum Gasteiger partial charge on any atom is 0.257 e. The highest BCUT2D eigenvalue weighted by Crippen LogP contribution is 2.26. The van der Waals surface area contributed by atoms with E-state index in [9.17, 15) is 4.79 Å². The Bertz CT molecular complexity index is 1090. The van der Waals surface area contributed by atoms with Crippen molar-refractivity contribution in [3.05, 3.63) is 76.4 Å². The summed E-state index contributed by atoms with van der Waals surface area (Å²) in [7, 11) is 0. The summed E-state index contributed by atoms with van der Waals surface area (Å²) in [6, 6.07) is 12.8. The molecule has 27 heavy (non-hydrogen) atoms. The predicted molar refractivity (Wildman–Crippen MR) is 107 cm³/mol. The van der Waals surface area contributed by atoms with Gasteiger partial charge in [0, 0.05) is 29.0 Å². The van der Waals surface area contributed by atoms with Crippen molar-refractivity contribution < 1.29 is 4.79 Å². The first-order valence-electron chi connectivity index (χ1n) is 8.11. The Kier molecular flexibility index (Phi) is 4.70. The minimum atomic E-state index is -0.286. The van der Waals surface area contributed by atoms with Crippen molar-refractivity contribution in [1.82, 2.24) is 19.4 Å². The molecule has 1 N–H and O–H groups in total. The second kappa shape index (κ2) is 7.30. The molecular formula is C19H14ClN5OS. The molecule has 0 saturated heterocycles. The minimum absolute atomic E-state index is 0.286. The fraction of sp³-hybridized carbons (Fsp3) is 0.0526. The molecule has 2 heterocycles. The first kappa shape index (κ1) is 17.4. The molecule has 0 aliphatic rings. The summed E-state index contributed by atoms with van der Waals surface area (Å²) in [5.74, 6) is -0.286. The van der Waals surface area contributed by atoms with E-state index in [4.69, 9.17) is 11.6 Å². The SMILES string of the molecule is Cc1ccc(-c2csnn2)cc1NC(=O)c1cc(-n2cccn2)ccc1Cl. The Morgan fingerprint density at radius 1 is 1.22 bits per heavy atom. The number of hydrogen-bond acceptors (Lipinski definition) is 5.